The lowest BCUT2D eigenvalue weighted by Crippen LogP contribution is -2.66. The van der Waals surface area contributed by atoms with Crippen molar-refractivity contribution in [3.05, 3.63) is 0 Å². The maximum absolute atomic E-state index is 10.4. The zero-order valence-corrected chi connectivity index (χ0v) is 9.00. The van der Waals surface area contributed by atoms with Crippen LogP contribution < -0.4 is 0 Å². The van der Waals surface area contributed by atoms with Crippen LogP contribution in [0.5, 0.6) is 0 Å². The predicted molar refractivity (Wildman–Crippen MR) is 51.4 cm³/mol. The summed E-state index contributed by atoms with van der Waals surface area (Å²) in [4.78, 5) is 0. The maximum Gasteiger partial charge on any atom is 0.0913 e. The molecule has 3 aliphatic carbocycles. The van der Waals surface area contributed by atoms with Gasteiger partial charge in [0, 0.05) is 7.11 Å². The summed E-state index contributed by atoms with van der Waals surface area (Å²) < 4.78 is 5.35. The Kier molecular flexibility index (Phi) is 1.81. The summed E-state index contributed by atoms with van der Waals surface area (Å²) in [6.45, 7) is 6.47. The van der Waals surface area contributed by atoms with Crippen LogP contribution in [-0.4, -0.2) is 23.9 Å². The largest absolute Gasteiger partial charge is 0.387 e. The van der Waals surface area contributed by atoms with E-state index in [0.29, 0.717) is 11.3 Å². The number of rotatable bonds is 1. The molecule has 3 rings (SSSR count). The Morgan fingerprint density at radius 1 is 1.23 bits per heavy atom. The molecular weight excluding hydrogens is 164 g/mol. The van der Waals surface area contributed by atoms with Gasteiger partial charge in [-0.2, -0.15) is 0 Å². The highest BCUT2D eigenvalue weighted by Crippen LogP contribution is 2.62. The van der Waals surface area contributed by atoms with E-state index in [1.165, 1.54) is 6.42 Å². The van der Waals surface area contributed by atoms with Gasteiger partial charge in [0.1, 0.15) is 0 Å². The first-order valence-corrected chi connectivity index (χ1v) is 5.16. The molecule has 13 heavy (non-hydrogen) atoms. The van der Waals surface area contributed by atoms with Crippen molar-refractivity contribution >= 4 is 0 Å². The molecule has 4 unspecified atom stereocenters. The third-order valence-corrected chi connectivity index (χ3v) is 4.61. The molecule has 3 aliphatic rings. The summed E-state index contributed by atoms with van der Waals surface area (Å²) in [5, 5.41) is 10.4. The van der Waals surface area contributed by atoms with Crippen LogP contribution in [0.1, 0.15) is 33.6 Å². The van der Waals surface area contributed by atoms with Gasteiger partial charge < -0.3 is 9.84 Å². The SMILES string of the molecule is COC1CC2CC(C2(C)C)C1(C)O. The van der Waals surface area contributed by atoms with Gasteiger partial charge in [-0.3, -0.25) is 0 Å². The van der Waals surface area contributed by atoms with Gasteiger partial charge in [0.2, 0.25) is 0 Å². The fourth-order valence-corrected chi connectivity index (χ4v) is 3.46. The summed E-state index contributed by atoms with van der Waals surface area (Å²) in [5.41, 5.74) is -0.300. The molecule has 0 aromatic rings. The predicted octanol–water partition coefficient (Wildman–Crippen LogP) is 1.82. The van der Waals surface area contributed by atoms with Crippen molar-refractivity contribution in [3.63, 3.8) is 0 Å². The van der Waals surface area contributed by atoms with Crippen molar-refractivity contribution < 1.29 is 9.84 Å². The number of hydrogen-bond donors (Lipinski definition) is 1. The molecule has 0 heterocycles. The third kappa shape index (κ3) is 1.02. The maximum atomic E-state index is 10.4. The summed E-state index contributed by atoms with van der Waals surface area (Å²) in [5.74, 6) is 1.17. The molecule has 0 radical (unpaired) electrons. The lowest BCUT2D eigenvalue weighted by atomic mass is 9.43. The van der Waals surface area contributed by atoms with Crippen LogP contribution in [0.2, 0.25) is 0 Å². The second-order valence-corrected chi connectivity index (χ2v) is 5.49. The van der Waals surface area contributed by atoms with Crippen LogP contribution in [0.25, 0.3) is 0 Å². The van der Waals surface area contributed by atoms with Gasteiger partial charge in [-0.25, -0.2) is 0 Å². The van der Waals surface area contributed by atoms with Crippen LogP contribution in [0.15, 0.2) is 0 Å². The van der Waals surface area contributed by atoms with Crippen molar-refractivity contribution in [1.82, 2.24) is 0 Å². The Labute approximate surface area is 80.3 Å². The number of methoxy groups -OCH3 is 1. The highest BCUT2D eigenvalue weighted by molar-refractivity contribution is 5.12. The van der Waals surface area contributed by atoms with E-state index in [-0.39, 0.29) is 6.10 Å². The second-order valence-electron chi connectivity index (χ2n) is 5.49. The van der Waals surface area contributed by atoms with E-state index in [1.807, 2.05) is 6.92 Å². The highest BCUT2D eigenvalue weighted by atomic mass is 16.5. The second kappa shape index (κ2) is 2.48. The van der Waals surface area contributed by atoms with Crippen LogP contribution in [-0.2, 0) is 4.74 Å². The molecule has 2 bridgehead atoms. The molecule has 0 amide bonds. The van der Waals surface area contributed by atoms with E-state index in [9.17, 15) is 5.11 Å². The molecule has 0 spiro atoms. The lowest BCUT2D eigenvalue weighted by molar-refractivity contribution is -0.251. The van der Waals surface area contributed by atoms with Crippen LogP contribution in [0.4, 0.5) is 0 Å². The van der Waals surface area contributed by atoms with Crippen molar-refractivity contribution in [1.29, 1.82) is 0 Å². The normalized spacial score (nSPS) is 52.8. The first-order valence-electron chi connectivity index (χ1n) is 5.16. The highest BCUT2D eigenvalue weighted by Gasteiger charge is 2.62. The Bertz CT molecular complexity index is 220. The van der Waals surface area contributed by atoms with E-state index < -0.39 is 5.60 Å². The smallest absolute Gasteiger partial charge is 0.0913 e. The summed E-state index contributed by atoms with van der Waals surface area (Å²) in [6, 6.07) is 0. The van der Waals surface area contributed by atoms with Crippen LogP contribution in [0, 0.1) is 17.3 Å². The Morgan fingerprint density at radius 2 is 1.85 bits per heavy atom. The molecule has 1 N–H and O–H groups in total. The molecule has 0 aliphatic heterocycles. The van der Waals surface area contributed by atoms with Gasteiger partial charge in [-0.1, -0.05) is 13.8 Å². The molecule has 0 aromatic heterocycles. The standard InChI is InChI=1S/C11H20O2/c1-10(2)7-5-8(10)11(3,12)9(6-7)13-4/h7-9,12H,5-6H2,1-4H3. The summed E-state index contributed by atoms with van der Waals surface area (Å²) >= 11 is 0. The molecule has 76 valence electrons. The Hall–Kier alpha value is -0.0800. The van der Waals surface area contributed by atoms with Crippen molar-refractivity contribution in [2.45, 2.75) is 45.3 Å². The van der Waals surface area contributed by atoms with Gasteiger partial charge in [-0.15, -0.1) is 0 Å². The quantitative estimate of drug-likeness (QED) is 0.673. The number of aliphatic hydroxyl groups is 1. The van der Waals surface area contributed by atoms with E-state index in [0.717, 1.165) is 12.3 Å². The molecule has 3 fully saturated rings. The minimum Gasteiger partial charge on any atom is -0.387 e. The average molecular weight is 184 g/mol. The van der Waals surface area contributed by atoms with E-state index >= 15 is 0 Å². The zero-order chi connectivity index (χ0) is 9.85. The summed E-state index contributed by atoms with van der Waals surface area (Å²) in [6.07, 6.45) is 2.25. The van der Waals surface area contributed by atoms with Gasteiger partial charge in [0.05, 0.1) is 11.7 Å². The first-order chi connectivity index (χ1) is 5.90. The molecule has 2 heteroatoms. The fourth-order valence-electron chi connectivity index (χ4n) is 3.46. The van der Waals surface area contributed by atoms with Crippen LogP contribution >= 0.6 is 0 Å². The lowest BCUT2D eigenvalue weighted by Gasteiger charge is -2.64. The van der Waals surface area contributed by atoms with Crippen molar-refractivity contribution in [3.8, 4) is 0 Å². The number of ether oxygens (including phenoxy) is 1. The van der Waals surface area contributed by atoms with E-state index in [1.54, 1.807) is 7.11 Å². The van der Waals surface area contributed by atoms with E-state index in [4.69, 9.17) is 4.74 Å². The molecular formula is C11H20O2. The zero-order valence-electron chi connectivity index (χ0n) is 9.00. The molecule has 0 saturated heterocycles. The summed E-state index contributed by atoms with van der Waals surface area (Å²) in [7, 11) is 1.71. The Morgan fingerprint density at radius 3 is 2.23 bits per heavy atom. The first kappa shape index (κ1) is 9.47. The monoisotopic (exact) mass is 184 g/mol. The molecule has 4 atom stereocenters. The molecule has 0 aromatic carbocycles. The van der Waals surface area contributed by atoms with Crippen molar-refractivity contribution in [2.75, 3.05) is 7.11 Å². The van der Waals surface area contributed by atoms with Gasteiger partial charge in [0.25, 0.3) is 0 Å². The minimum absolute atomic E-state index is 0.0456. The number of fused-ring (bicyclic) bond motifs is 2. The van der Waals surface area contributed by atoms with Crippen molar-refractivity contribution in [2.24, 2.45) is 17.3 Å². The topological polar surface area (TPSA) is 29.5 Å². The van der Waals surface area contributed by atoms with Gasteiger partial charge >= 0.3 is 0 Å². The van der Waals surface area contributed by atoms with Gasteiger partial charge in [0.15, 0.2) is 0 Å². The molecule has 3 saturated carbocycles. The molecule has 2 nitrogen and oxygen atoms in total. The Balaban J connectivity index is 2.23. The van der Waals surface area contributed by atoms with Crippen LogP contribution in [0.3, 0.4) is 0 Å². The fraction of sp³-hybridized carbons (Fsp3) is 1.00. The minimum atomic E-state index is -0.618. The number of hydrogen-bond acceptors (Lipinski definition) is 2. The van der Waals surface area contributed by atoms with Gasteiger partial charge in [-0.05, 0) is 37.0 Å². The average Bonchev–Trinajstić information content (AvgIpc) is 2.01. The third-order valence-electron chi connectivity index (χ3n) is 4.61. The van der Waals surface area contributed by atoms with E-state index in [2.05, 4.69) is 13.8 Å².